The van der Waals surface area contributed by atoms with Gasteiger partial charge in [0.15, 0.2) is 0 Å². The van der Waals surface area contributed by atoms with Gasteiger partial charge in [0.2, 0.25) is 0 Å². The molecular formula is C16H22N4O2. The number of phenols is 1. The van der Waals surface area contributed by atoms with Gasteiger partial charge in [0.25, 0.3) is 5.91 Å². The second-order valence-electron chi connectivity index (χ2n) is 5.10. The van der Waals surface area contributed by atoms with Gasteiger partial charge in [-0.2, -0.15) is 5.26 Å². The number of likely N-dealkylation sites (N-methyl/N-ethyl adjacent to an activating group) is 1. The lowest BCUT2D eigenvalue weighted by Gasteiger charge is -2.09. The summed E-state index contributed by atoms with van der Waals surface area (Å²) in [5.74, 6) is -0.176. The average Bonchev–Trinajstić information content (AvgIpc) is 2.49. The van der Waals surface area contributed by atoms with Crippen LogP contribution in [0.3, 0.4) is 0 Å². The van der Waals surface area contributed by atoms with E-state index in [4.69, 9.17) is 5.26 Å². The Morgan fingerprint density at radius 1 is 1.32 bits per heavy atom. The van der Waals surface area contributed by atoms with E-state index < -0.39 is 5.91 Å². The first kappa shape index (κ1) is 17.5. The van der Waals surface area contributed by atoms with E-state index in [1.54, 1.807) is 24.3 Å². The van der Waals surface area contributed by atoms with E-state index in [9.17, 15) is 9.90 Å². The van der Waals surface area contributed by atoms with Crippen LogP contribution in [0, 0.1) is 11.3 Å². The van der Waals surface area contributed by atoms with Gasteiger partial charge in [0.05, 0.1) is 0 Å². The lowest BCUT2D eigenvalue weighted by Crippen LogP contribution is -2.29. The van der Waals surface area contributed by atoms with Crippen LogP contribution in [0.2, 0.25) is 0 Å². The second kappa shape index (κ2) is 9.42. The standard InChI is InChI=1S/C16H22N4O2/c1-20(2)10-9-18-12-14(11-17)16(22)19-8-7-13-3-5-15(21)6-4-13/h3-6,12,18,21H,7-10H2,1-2H3,(H,19,22)/b14-12-. The van der Waals surface area contributed by atoms with E-state index >= 15 is 0 Å². The molecule has 0 aliphatic heterocycles. The third kappa shape index (κ3) is 6.77. The number of amides is 1. The fraction of sp³-hybridized carbons (Fsp3) is 0.375. The molecule has 1 amide bonds. The van der Waals surface area contributed by atoms with Gasteiger partial charge in [-0.25, -0.2) is 0 Å². The molecule has 0 bridgehead atoms. The summed E-state index contributed by atoms with van der Waals surface area (Å²) in [7, 11) is 3.90. The van der Waals surface area contributed by atoms with Crippen LogP contribution in [0.4, 0.5) is 0 Å². The Kier molecular flexibility index (Phi) is 7.51. The average molecular weight is 302 g/mol. The number of carbonyl (C=O) groups excluding carboxylic acids is 1. The number of rotatable bonds is 8. The number of nitrogens with zero attached hydrogens (tertiary/aromatic N) is 2. The van der Waals surface area contributed by atoms with Crippen molar-refractivity contribution in [1.29, 1.82) is 5.26 Å². The molecule has 0 saturated carbocycles. The topological polar surface area (TPSA) is 88.4 Å². The highest BCUT2D eigenvalue weighted by Gasteiger charge is 2.07. The lowest BCUT2D eigenvalue weighted by molar-refractivity contribution is -0.117. The van der Waals surface area contributed by atoms with Crippen LogP contribution in [0.15, 0.2) is 36.0 Å². The molecule has 0 aliphatic rings. The predicted molar refractivity (Wildman–Crippen MR) is 85.1 cm³/mol. The van der Waals surface area contributed by atoms with Gasteiger partial charge in [0, 0.05) is 25.8 Å². The summed E-state index contributed by atoms with van der Waals surface area (Å²) in [4.78, 5) is 13.9. The molecule has 1 aromatic carbocycles. The van der Waals surface area contributed by atoms with E-state index in [0.717, 1.165) is 12.1 Å². The van der Waals surface area contributed by atoms with E-state index in [0.29, 0.717) is 19.5 Å². The molecule has 6 heteroatoms. The quantitative estimate of drug-likeness (QED) is 0.372. The van der Waals surface area contributed by atoms with Gasteiger partial charge >= 0.3 is 0 Å². The molecule has 0 spiro atoms. The van der Waals surface area contributed by atoms with E-state index in [1.165, 1.54) is 6.20 Å². The summed E-state index contributed by atoms with van der Waals surface area (Å²) >= 11 is 0. The number of hydrogen-bond donors (Lipinski definition) is 3. The Hall–Kier alpha value is -2.52. The molecule has 0 saturated heterocycles. The molecule has 3 N–H and O–H groups in total. The van der Waals surface area contributed by atoms with Crippen molar-refractivity contribution >= 4 is 5.91 Å². The normalized spacial score (nSPS) is 11.1. The third-order valence-electron chi connectivity index (χ3n) is 2.95. The summed E-state index contributed by atoms with van der Waals surface area (Å²) in [6, 6.07) is 8.69. The van der Waals surface area contributed by atoms with Crippen LogP contribution in [-0.2, 0) is 11.2 Å². The van der Waals surface area contributed by atoms with Gasteiger partial charge < -0.3 is 20.6 Å². The van der Waals surface area contributed by atoms with Gasteiger partial charge in [0.1, 0.15) is 17.4 Å². The summed E-state index contributed by atoms with van der Waals surface area (Å²) in [6.45, 7) is 1.91. The van der Waals surface area contributed by atoms with Crippen LogP contribution in [-0.4, -0.2) is 49.6 Å². The molecule has 0 aromatic heterocycles. The molecule has 118 valence electrons. The number of nitrogens with one attached hydrogen (secondary N) is 2. The highest BCUT2D eigenvalue weighted by atomic mass is 16.3. The lowest BCUT2D eigenvalue weighted by atomic mass is 10.1. The number of nitriles is 1. The zero-order valence-electron chi connectivity index (χ0n) is 13.0. The van der Waals surface area contributed by atoms with Crippen LogP contribution < -0.4 is 10.6 Å². The monoisotopic (exact) mass is 302 g/mol. The Morgan fingerprint density at radius 3 is 2.59 bits per heavy atom. The van der Waals surface area contributed by atoms with Crippen molar-refractivity contribution in [3.8, 4) is 11.8 Å². The smallest absolute Gasteiger partial charge is 0.263 e. The Balaban J connectivity index is 2.37. The molecule has 6 nitrogen and oxygen atoms in total. The minimum atomic E-state index is -0.390. The Labute approximate surface area is 131 Å². The van der Waals surface area contributed by atoms with Crippen molar-refractivity contribution in [2.24, 2.45) is 0 Å². The van der Waals surface area contributed by atoms with Crippen molar-refractivity contribution in [3.05, 3.63) is 41.6 Å². The van der Waals surface area contributed by atoms with Crippen molar-refractivity contribution in [1.82, 2.24) is 15.5 Å². The summed E-state index contributed by atoms with van der Waals surface area (Å²) in [6.07, 6.45) is 2.08. The van der Waals surface area contributed by atoms with Crippen molar-refractivity contribution in [2.45, 2.75) is 6.42 Å². The molecule has 22 heavy (non-hydrogen) atoms. The second-order valence-corrected chi connectivity index (χ2v) is 5.10. The fourth-order valence-electron chi connectivity index (χ4n) is 1.69. The number of aromatic hydroxyl groups is 1. The Bertz CT molecular complexity index is 544. The SMILES string of the molecule is CN(C)CCN/C=C(/C#N)C(=O)NCCc1ccc(O)cc1. The van der Waals surface area contributed by atoms with E-state index in [2.05, 4.69) is 10.6 Å². The van der Waals surface area contributed by atoms with Gasteiger partial charge in [-0.15, -0.1) is 0 Å². The summed E-state index contributed by atoms with van der Waals surface area (Å²) < 4.78 is 0. The highest BCUT2D eigenvalue weighted by molar-refractivity contribution is 5.97. The van der Waals surface area contributed by atoms with E-state index in [-0.39, 0.29) is 11.3 Å². The van der Waals surface area contributed by atoms with E-state index in [1.807, 2.05) is 25.1 Å². The number of phenolic OH excluding ortho intramolecular Hbond substituents is 1. The summed E-state index contributed by atoms with van der Waals surface area (Å²) in [5, 5.41) is 23.8. The van der Waals surface area contributed by atoms with Crippen LogP contribution in [0.25, 0.3) is 0 Å². The minimum Gasteiger partial charge on any atom is -0.508 e. The number of hydrogen-bond acceptors (Lipinski definition) is 5. The zero-order chi connectivity index (χ0) is 16.4. The van der Waals surface area contributed by atoms with Gasteiger partial charge in [-0.1, -0.05) is 12.1 Å². The first-order chi connectivity index (χ1) is 10.5. The van der Waals surface area contributed by atoms with Crippen LogP contribution in [0.1, 0.15) is 5.56 Å². The zero-order valence-corrected chi connectivity index (χ0v) is 13.0. The molecule has 0 fully saturated rings. The maximum absolute atomic E-state index is 11.9. The molecule has 1 aromatic rings. The van der Waals surface area contributed by atoms with Crippen molar-refractivity contribution in [2.75, 3.05) is 33.7 Å². The van der Waals surface area contributed by atoms with Gasteiger partial charge in [-0.05, 0) is 38.2 Å². The third-order valence-corrected chi connectivity index (χ3v) is 2.95. The summed E-state index contributed by atoms with van der Waals surface area (Å²) in [5.41, 5.74) is 1.06. The first-order valence-electron chi connectivity index (χ1n) is 7.07. The molecule has 0 heterocycles. The van der Waals surface area contributed by atoms with Crippen LogP contribution >= 0.6 is 0 Å². The first-order valence-corrected chi connectivity index (χ1v) is 7.07. The molecule has 1 rings (SSSR count). The molecule has 0 radical (unpaired) electrons. The number of carbonyl (C=O) groups is 1. The Morgan fingerprint density at radius 2 is 2.00 bits per heavy atom. The number of benzene rings is 1. The van der Waals surface area contributed by atoms with Gasteiger partial charge in [-0.3, -0.25) is 4.79 Å². The van der Waals surface area contributed by atoms with Crippen LogP contribution in [0.5, 0.6) is 5.75 Å². The molecular weight excluding hydrogens is 280 g/mol. The molecule has 0 aliphatic carbocycles. The maximum Gasteiger partial charge on any atom is 0.263 e. The molecule has 0 unspecified atom stereocenters. The minimum absolute atomic E-state index is 0.0597. The predicted octanol–water partition coefficient (Wildman–Crippen LogP) is 0.610. The van der Waals surface area contributed by atoms with Crippen molar-refractivity contribution in [3.63, 3.8) is 0 Å². The highest BCUT2D eigenvalue weighted by Crippen LogP contribution is 2.09. The molecule has 0 atom stereocenters. The largest absolute Gasteiger partial charge is 0.508 e. The fourth-order valence-corrected chi connectivity index (χ4v) is 1.69. The van der Waals surface area contributed by atoms with Crippen molar-refractivity contribution < 1.29 is 9.90 Å². The maximum atomic E-state index is 11.9.